The average molecular weight is 350 g/mol. The molecule has 3 heterocycles. The molecule has 24 heavy (non-hydrogen) atoms. The number of likely N-dealkylation sites (N-methyl/N-ethyl adjacent to an activating group) is 1. The molecule has 1 amide bonds. The Labute approximate surface area is 145 Å². The molecule has 0 spiro atoms. The number of carbonyl (C=O) groups excluding carboxylic acids is 1. The number of hydrazine groups is 1. The minimum absolute atomic E-state index is 0.0187. The molecular formula is C15H22N6O2S. The second-order valence-corrected chi connectivity index (χ2v) is 6.58. The third-order valence-corrected chi connectivity index (χ3v) is 4.86. The fraction of sp³-hybridized carbons (Fsp3) is 0.533. The summed E-state index contributed by atoms with van der Waals surface area (Å²) >= 11 is 1.39. The van der Waals surface area contributed by atoms with E-state index in [1.54, 1.807) is 6.26 Å². The van der Waals surface area contributed by atoms with Crippen LogP contribution in [-0.2, 0) is 11.3 Å². The van der Waals surface area contributed by atoms with Crippen LogP contribution in [0, 0.1) is 0 Å². The molecule has 0 bridgehead atoms. The number of hydrogen-bond acceptors (Lipinski definition) is 7. The first-order valence-electron chi connectivity index (χ1n) is 8.00. The number of piperazine rings is 1. The number of rotatable bonds is 6. The lowest BCUT2D eigenvalue weighted by molar-refractivity contribution is -0.124. The van der Waals surface area contributed by atoms with Gasteiger partial charge in [0.2, 0.25) is 5.91 Å². The predicted molar refractivity (Wildman–Crippen MR) is 91.3 cm³/mol. The van der Waals surface area contributed by atoms with Crippen LogP contribution in [0.1, 0.15) is 6.92 Å². The number of carbonyl (C=O) groups is 1. The summed E-state index contributed by atoms with van der Waals surface area (Å²) in [6.45, 7) is 6.35. The van der Waals surface area contributed by atoms with E-state index in [9.17, 15) is 4.79 Å². The monoisotopic (exact) mass is 350 g/mol. The first-order chi connectivity index (χ1) is 11.7. The van der Waals surface area contributed by atoms with Gasteiger partial charge >= 0.3 is 0 Å². The van der Waals surface area contributed by atoms with Crippen molar-refractivity contribution >= 4 is 17.7 Å². The van der Waals surface area contributed by atoms with E-state index in [0.717, 1.165) is 31.3 Å². The molecule has 130 valence electrons. The number of nitrogens with zero attached hydrogens (tertiary/aromatic N) is 5. The highest BCUT2D eigenvalue weighted by Crippen LogP contribution is 2.24. The molecule has 3 rings (SSSR count). The van der Waals surface area contributed by atoms with Gasteiger partial charge < -0.3 is 9.32 Å². The van der Waals surface area contributed by atoms with Gasteiger partial charge in [-0.2, -0.15) is 0 Å². The van der Waals surface area contributed by atoms with E-state index in [0.29, 0.717) is 23.9 Å². The fourth-order valence-corrected chi connectivity index (χ4v) is 3.32. The Balaban J connectivity index is 1.55. The maximum atomic E-state index is 12.1. The van der Waals surface area contributed by atoms with Crippen LogP contribution in [0.3, 0.4) is 0 Å². The molecule has 1 saturated heterocycles. The average Bonchev–Trinajstić information content (AvgIpc) is 3.23. The summed E-state index contributed by atoms with van der Waals surface area (Å²) in [6, 6.07) is 3.67. The van der Waals surface area contributed by atoms with Crippen LogP contribution in [0.25, 0.3) is 11.6 Å². The summed E-state index contributed by atoms with van der Waals surface area (Å²) in [5, 5.41) is 11.1. The zero-order valence-electron chi connectivity index (χ0n) is 13.9. The van der Waals surface area contributed by atoms with Crippen LogP contribution in [0.2, 0.25) is 0 Å². The maximum absolute atomic E-state index is 12.1. The Morgan fingerprint density at radius 2 is 2.12 bits per heavy atom. The Kier molecular flexibility index (Phi) is 5.54. The Bertz CT molecular complexity index is 664. The van der Waals surface area contributed by atoms with Crippen LogP contribution < -0.4 is 5.43 Å². The van der Waals surface area contributed by atoms with Crippen molar-refractivity contribution < 1.29 is 9.21 Å². The molecule has 8 nitrogen and oxygen atoms in total. The molecule has 1 fully saturated rings. The standard InChI is InChI=1S/C15H22N6O2S/c1-3-21-14(12-5-4-10-23-12)16-17-15(21)24-11-13(22)18-20-8-6-19(2)7-9-20/h4-5,10H,3,6-9,11H2,1-2H3,(H,18,22). The molecule has 1 aliphatic rings. The van der Waals surface area contributed by atoms with Gasteiger partial charge in [0.15, 0.2) is 16.7 Å². The lowest BCUT2D eigenvalue weighted by Gasteiger charge is -2.32. The number of furan rings is 1. The van der Waals surface area contributed by atoms with E-state index in [2.05, 4.69) is 27.6 Å². The molecule has 0 radical (unpaired) electrons. The molecule has 0 atom stereocenters. The van der Waals surface area contributed by atoms with Crippen LogP contribution in [0.4, 0.5) is 0 Å². The first kappa shape index (κ1) is 17.0. The quantitative estimate of drug-likeness (QED) is 0.776. The van der Waals surface area contributed by atoms with Crippen molar-refractivity contribution in [3.8, 4) is 11.6 Å². The SMILES string of the molecule is CCn1c(SCC(=O)NN2CCN(C)CC2)nnc1-c1ccco1. The van der Waals surface area contributed by atoms with E-state index >= 15 is 0 Å². The van der Waals surface area contributed by atoms with Gasteiger partial charge in [-0.15, -0.1) is 10.2 Å². The molecule has 0 aromatic carbocycles. The van der Waals surface area contributed by atoms with Gasteiger partial charge in [0.1, 0.15) is 0 Å². The van der Waals surface area contributed by atoms with Crippen molar-refractivity contribution in [1.82, 2.24) is 30.1 Å². The summed E-state index contributed by atoms with van der Waals surface area (Å²) < 4.78 is 7.34. The summed E-state index contributed by atoms with van der Waals surface area (Å²) in [7, 11) is 2.09. The van der Waals surface area contributed by atoms with Gasteiger partial charge in [-0.1, -0.05) is 11.8 Å². The molecular weight excluding hydrogens is 328 g/mol. The van der Waals surface area contributed by atoms with E-state index in [1.165, 1.54) is 11.8 Å². The minimum Gasteiger partial charge on any atom is -0.461 e. The van der Waals surface area contributed by atoms with Crippen LogP contribution >= 0.6 is 11.8 Å². The zero-order valence-corrected chi connectivity index (χ0v) is 14.8. The third kappa shape index (κ3) is 3.97. The second kappa shape index (κ2) is 7.82. The summed E-state index contributed by atoms with van der Waals surface area (Å²) in [4.78, 5) is 14.4. The topological polar surface area (TPSA) is 79.4 Å². The Morgan fingerprint density at radius 3 is 2.79 bits per heavy atom. The van der Waals surface area contributed by atoms with Crippen molar-refractivity contribution in [2.45, 2.75) is 18.6 Å². The predicted octanol–water partition coefficient (Wildman–Crippen LogP) is 0.929. The Hall–Kier alpha value is -1.84. The molecule has 0 aliphatic carbocycles. The van der Waals surface area contributed by atoms with Crippen molar-refractivity contribution in [1.29, 1.82) is 0 Å². The number of amides is 1. The van der Waals surface area contributed by atoms with Crippen LogP contribution in [-0.4, -0.2) is 69.6 Å². The number of hydrogen-bond donors (Lipinski definition) is 1. The first-order valence-corrected chi connectivity index (χ1v) is 8.98. The smallest absolute Gasteiger partial charge is 0.244 e. The largest absolute Gasteiger partial charge is 0.461 e. The number of nitrogens with one attached hydrogen (secondary N) is 1. The normalized spacial score (nSPS) is 16.4. The van der Waals surface area contributed by atoms with Crippen molar-refractivity contribution in [3.63, 3.8) is 0 Å². The van der Waals surface area contributed by atoms with Crippen LogP contribution in [0.15, 0.2) is 28.0 Å². The molecule has 1 N–H and O–H groups in total. The maximum Gasteiger partial charge on any atom is 0.244 e. The highest BCUT2D eigenvalue weighted by Gasteiger charge is 2.18. The van der Waals surface area contributed by atoms with Gasteiger partial charge in [0.25, 0.3) is 0 Å². The molecule has 2 aromatic rings. The van der Waals surface area contributed by atoms with Crippen molar-refractivity contribution in [2.24, 2.45) is 0 Å². The van der Waals surface area contributed by atoms with Gasteiger partial charge in [-0.3, -0.25) is 14.8 Å². The van der Waals surface area contributed by atoms with Crippen molar-refractivity contribution in [2.75, 3.05) is 39.0 Å². The van der Waals surface area contributed by atoms with Gasteiger partial charge in [0, 0.05) is 32.7 Å². The fourth-order valence-electron chi connectivity index (χ4n) is 2.53. The lowest BCUT2D eigenvalue weighted by atomic mass is 10.4. The molecule has 0 saturated carbocycles. The van der Waals surface area contributed by atoms with Crippen LogP contribution in [0.5, 0.6) is 0 Å². The molecule has 0 unspecified atom stereocenters. The highest BCUT2D eigenvalue weighted by molar-refractivity contribution is 7.99. The van der Waals surface area contributed by atoms with Gasteiger partial charge in [0.05, 0.1) is 12.0 Å². The summed E-state index contributed by atoms with van der Waals surface area (Å²) in [5.41, 5.74) is 2.95. The number of thioether (sulfide) groups is 1. The summed E-state index contributed by atoms with van der Waals surface area (Å²) in [6.07, 6.45) is 1.61. The van der Waals surface area contributed by atoms with E-state index in [1.807, 2.05) is 28.6 Å². The third-order valence-electron chi connectivity index (χ3n) is 3.89. The van der Waals surface area contributed by atoms with Crippen molar-refractivity contribution in [3.05, 3.63) is 18.4 Å². The second-order valence-electron chi connectivity index (χ2n) is 5.64. The Morgan fingerprint density at radius 1 is 1.33 bits per heavy atom. The van der Waals surface area contributed by atoms with E-state index in [-0.39, 0.29) is 5.91 Å². The van der Waals surface area contributed by atoms with E-state index in [4.69, 9.17) is 4.42 Å². The van der Waals surface area contributed by atoms with E-state index < -0.39 is 0 Å². The zero-order chi connectivity index (χ0) is 16.9. The molecule has 1 aliphatic heterocycles. The summed E-state index contributed by atoms with van der Waals surface area (Å²) in [5.74, 6) is 1.65. The number of aromatic nitrogens is 3. The minimum atomic E-state index is -0.0187. The van der Waals surface area contributed by atoms with Gasteiger partial charge in [-0.25, -0.2) is 5.01 Å². The molecule has 9 heteroatoms. The highest BCUT2D eigenvalue weighted by atomic mass is 32.2. The van der Waals surface area contributed by atoms with Gasteiger partial charge in [-0.05, 0) is 26.1 Å². The lowest BCUT2D eigenvalue weighted by Crippen LogP contribution is -2.52. The molecule has 2 aromatic heterocycles.